The summed E-state index contributed by atoms with van der Waals surface area (Å²) in [6.45, 7) is 0. The van der Waals surface area contributed by atoms with E-state index in [1.807, 2.05) is 0 Å². The van der Waals surface area contributed by atoms with Gasteiger partial charge in [0.2, 0.25) is 0 Å². The summed E-state index contributed by atoms with van der Waals surface area (Å²) < 4.78 is 0. The van der Waals surface area contributed by atoms with Crippen molar-refractivity contribution in [3.05, 3.63) is 193 Å². The molecule has 0 nitrogen and oxygen atoms in total. The second kappa shape index (κ2) is 11.9. The molecule has 53 heavy (non-hydrogen) atoms. The predicted molar refractivity (Wildman–Crippen MR) is 225 cm³/mol. The molecule has 1 fully saturated rings. The van der Waals surface area contributed by atoms with Crippen LogP contribution >= 0.6 is 0 Å². The number of benzene rings is 9. The van der Waals surface area contributed by atoms with Crippen LogP contribution in [0.2, 0.25) is 0 Å². The molecule has 0 atom stereocenters. The fourth-order valence-electron chi connectivity index (χ4n) is 10.1. The van der Waals surface area contributed by atoms with Crippen molar-refractivity contribution in [3.63, 3.8) is 0 Å². The molecule has 0 amide bonds. The van der Waals surface area contributed by atoms with Crippen molar-refractivity contribution >= 4 is 32.3 Å². The van der Waals surface area contributed by atoms with Gasteiger partial charge in [0.1, 0.15) is 0 Å². The van der Waals surface area contributed by atoms with Gasteiger partial charge in [-0.05, 0) is 118 Å². The SMILES string of the molecule is c1ccc(-c2ccc(-c3ccc(-c4c5ccccc5c(-c5cc6c(c7ccccc57)C5(CCCC5)c5ccccc5-6)c5ccccc45)cc3)cc2)cc1. The average Bonchev–Trinajstić information content (AvgIpc) is 3.83. The molecule has 0 bridgehead atoms. The zero-order chi connectivity index (χ0) is 34.9. The van der Waals surface area contributed by atoms with E-state index in [2.05, 4.69) is 182 Å². The van der Waals surface area contributed by atoms with E-state index in [1.54, 1.807) is 5.56 Å². The molecule has 9 aromatic rings. The molecule has 250 valence electrons. The summed E-state index contributed by atoms with van der Waals surface area (Å²) in [5.74, 6) is 0. The van der Waals surface area contributed by atoms with Crippen LogP contribution in [0.15, 0.2) is 182 Å². The molecular formula is C53H38. The Hall–Kier alpha value is -6.24. The zero-order valence-corrected chi connectivity index (χ0v) is 29.6. The molecule has 0 radical (unpaired) electrons. The Morgan fingerprint density at radius 2 is 0.736 bits per heavy atom. The molecule has 0 heteroatoms. The molecule has 0 saturated heterocycles. The highest BCUT2D eigenvalue weighted by atomic mass is 14.5. The Balaban J connectivity index is 1.11. The third-order valence-corrected chi connectivity index (χ3v) is 12.4. The first-order valence-electron chi connectivity index (χ1n) is 19.1. The Morgan fingerprint density at radius 3 is 1.32 bits per heavy atom. The fourth-order valence-corrected chi connectivity index (χ4v) is 10.1. The Labute approximate surface area is 311 Å². The van der Waals surface area contributed by atoms with E-state index < -0.39 is 0 Å². The maximum atomic E-state index is 2.56. The smallest absolute Gasteiger partial charge is 0.0221 e. The maximum absolute atomic E-state index is 2.56. The van der Waals surface area contributed by atoms with Gasteiger partial charge in [0.25, 0.3) is 0 Å². The van der Waals surface area contributed by atoms with Gasteiger partial charge >= 0.3 is 0 Å². The van der Waals surface area contributed by atoms with Crippen molar-refractivity contribution in [2.45, 2.75) is 31.1 Å². The third-order valence-electron chi connectivity index (χ3n) is 12.4. The Kier molecular flexibility index (Phi) is 6.83. The molecule has 0 heterocycles. The van der Waals surface area contributed by atoms with Crippen molar-refractivity contribution in [1.82, 2.24) is 0 Å². The van der Waals surface area contributed by atoms with Gasteiger partial charge in [-0.15, -0.1) is 0 Å². The van der Waals surface area contributed by atoms with Crippen molar-refractivity contribution in [1.29, 1.82) is 0 Å². The number of fused-ring (bicyclic) bond motifs is 9. The lowest BCUT2D eigenvalue weighted by Gasteiger charge is -2.28. The molecule has 2 aliphatic carbocycles. The van der Waals surface area contributed by atoms with Gasteiger partial charge in [-0.3, -0.25) is 0 Å². The van der Waals surface area contributed by atoms with E-state index in [4.69, 9.17) is 0 Å². The van der Waals surface area contributed by atoms with Gasteiger partial charge in [0.05, 0.1) is 0 Å². The Bertz CT molecular complexity index is 2790. The first kappa shape index (κ1) is 30.4. The topological polar surface area (TPSA) is 0 Å². The highest BCUT2D eigenvalue weighted by Crippen LogP contribution is 2.60. The van der Waals surface area contributed by atoms with E-state index in [9.17, 15) is 0 Å². The van der Waals surface area contributed by atoms with Crippen LogP contribution in [-0.2, 0) is 5.41 Å². The van der Waals surface area contributed by atoms with Crippen LogP contribution in [0.1, 0.15) is 36.8 Å². The normalized spacial score (nSPS) is 14.3. The predicted octanol–water partition coefficient (Wildman–Crippen LogP) is 14.7. The highest BCUT2D eigenvalue weighted by Gasteiger charge is 2.46. The second-order valence-electron chi connectivity index (χ2n) is 15.1. The summed E-state index contributed by atoms with van der Waals surface area (Å²) in [6, 6.07) is 68.0. The van der Waals surface area contributed by atoms with Gasteiger partial charge in [-0.25, -0.2) is 0 Å². The molecule has 0 aliphatic heterocycles. The standard InChI is InChI=1S/C53H38/c1-2-14-35(15-3-1)36-24-26-37(27-25-36)38-28-30-39(31-29-38)50-42-18-5-7-20-44(42)51(45-21-8-6-19-43(45)50)47-34-48-41-17-10-11-23-49(41)53(32-12-13-33-53)52(48)46-22-9-4-16-40(46)47/h1-11,14-31,34H,12-13,32-33H2. The van der Waals surface area contributed by atoms with E-state index in [-0.39, 0.29) is 5.41 Å². The largest absolute Gasteiger partial charge is 0.0622 e. The van der Waals surface area contributed by atoms with Crippen LogP contribution in [0.4, 0.5) is 0 Å². The lowest BCUT2D eigenvalue weighted by atomic mass is 9.74. The van der Waals surface area contributed by atoms with Crippen LogP contribution in [0.25, 0.3) is 88.0 Å². The molecule has 0 aromatic heterocycles. The molecule has 1 spiro atoms. The summed E-state index contributed by atoms with van der Waals surface area (Å²) in [4.78, 5) is 0. The molecule has 1 saturated carbocycles. The lowest BCUT2D eigenvalue weighted by molar-refractivity contribution is 0.554. The summed E-state index contributed by atoms with van der Waals surface area (Å²) >= 11 is 0. The average molecular weight is 675 g/mol. The van der Waals surface area contributed by atoms with Crippen molar-refractivity contribution in [2.24, 2.45) is 0 Å². The van der Waals surface area contributed by atoms with Gasteiger partial charge in [0, 0.05) is 5.41 Å². The number of hydrogen-bond acceptors (Lipinski definition) is 0. The monoisotopic (exact) mass is 674 g/mol. The first-order valence-corrected chi connectivity index (χ1v) is 19.1. The molecule has 9 aromatic carbocycles. The zero-order valence-electron chi connectivity index (χ0n) is 29.6. The molecular weight excluding hydrogens is 637 g/mol. The Morgan fingerprint density at radius 1 is 0.302 bits per heavy atom. The van der Waals surface area contributed by atoms with Crippen molar-refractivity contribution < 1.29 is 0 Å². The van der Waals surface area contributed by atoms with Gasteiger partial charge in [0.15, 0.2) is 0 Å². The highest BCUT2D eigenvalue weighted by molar-refractivity contribution is 6.24. The minimum Gasteiger partial charge on any atom is -0.0622 e. The van der Waals surface area contributed by atoms with E-state index in [0.29, 0.717) is 0 Å². The van der Waals surface area contributed by atoms with Gasteiger partial charge in [-0.2, -0.15) is 0 Å². The number of hydrogen-bond donors (Lipinski definition) is 0. The van der Waals surface area contributed by atoms with Crippen LogP contribution in [-0.4, -0.2) is 0 Å². The van der Waals surface area contributed by atoms with Crippen LogP contribution in [0.3, 0.4) is 0 Å². The van der Waals surface area contributed by atoms with Gasteiger partial charge in [-0.1, -0.05) is 189 Å². The second-order valence-corrected chi connectivity index (χ2v) is 15.1. The lowest BCUT2D eigenvalue weighted by Crippen LogP contribution is -2.20. The van der Waals surface area contributed by atoms with Crippen molar-refractivity contribution in [3.8, 4) is 55.6 Å². The van der Waals surface area contributed by atoms with Crippen LogP contribution in [0.5, 0.6) is 0 Å². The molecule has 11 rings (SSSR count). The number of rotatable bonds is 4. The summed E-state index contributed by atoms with van der Waals surface area (Å²) in [7, 11) is 0. The summed E-state index contributed by atoms with van der Waals surface area (Å²) in [5, 5.41) is 7.96. The maximum Gasteiger partial charge on any atom is 0.0221 e. The molecule has 0 N–H and O–H groups in total. The fraction of sp³-hybridized carbons (Fsp3) is 0.0943. The summed E-state index contributed by atoms with van der Waals surface area (Å²) in [6.07, 6.45) is 5.06. The van der Waals surface area contributed by atoms with E-state index in [0.717, 1.165) is 0 Å². The molecule has 2 aliphatic rings. The third kappa shape index (κ3) is 4.55. The van der Waals surface area contributed by atoms with E-state index >= 15 is 0 Å². The van der Waals surface area contributed by atoms with Crippen molar-refractivity contribution in [2.75, 3.05) is 0 Å². The minimum absolute atomic E-state index is 0.119. The summed E-state index contributed by atoms with van der Waals surface area (Å²) in [5.41, 5.74) is 16.2. The molecule has 0 unspecified atom stereocenters. The first-order chi connectivity index (χ1) is 26.3. The quantitative estimate of drug-likeness (QED) is 0.163. The van der Waals surface area contributed by atoms with Gasteiger partial charge < -0.3 is 0 Å². The van der Waals surface area contributed by atoms with Crippen LogP contribution in [0, 0.1) is 0 Å². The van der Waals surface area contributed by atoms with Crippen LogP contribution < -0.4 is 0 Å². The van der Waals surface area contributed by atoms with E-state index in [1.165, 1.54) is 119 Å². The minimum atomic E-state index is 0.119.